The second-order valence-corrected chi connectivity index (χ2v) is 5.80. The molecule has 126 valence electrons. The lowest BCUT2D eigenvalue weighted by molar-refractivity contribution is 0.309. The van der Waals surface area contributed by atoms with Gasteiger partial charge in [-0.3, -0.25) is 0 Å². The Labute approximate surface area is 147 Å². The standard InChI is InChI=1S/C20H20N4O/c1-2-3-10-25-20-8-6-16(7-9-20)17-4-5-18(12-21)19(11-17)13-24-15-22-14-23-24/h4-9,11,14-15H,2-3,10,13H2,1H3. The Balaban J connectivity index is 1.81. The molecule has 0 spiro atoms. The molecule has 0 saturated heterocycles. The number of hydrogen-bond donors (Lipinski definition) is 0. The van der Waals surface area contributed by atoms with Gasteiger partial charge in [-0.15, -0.1) is 0 Å². The summed E-state index contributed by atoms with van der Waals surface area (Å²) in [4.78, 5) is 3.95. The van der Waals surface area contributed by atoms with E-state index in [1.165, 1.54) is 6.33 Å². The number of rotatable bonds is 7. The highest BCUT2D eigenvalue weighted by Crippen LogP contribution is 2.25. The SMILES string of the molecule is CCCCOc1ccc(-c2ccc(C#N)c(Cn3cncn3)c2)cc1. The van der Waals surface area contributed by atoms with E-state index in [0.717, 1.165) is 41.9 Å². The first kappa shape index (κ1) is 16.7. The predicted molar refractivity (Wildman–Crippen MR) is 96.1 cm³/mol. The topological polar surface area (TPSA) is 63.7 Å². The third-order valence-corrected chi connectivity index (χ3v) is 3.98. The third kappa shape index (κ3) is 4.24. The third-order valence-electron chi connectivity index (χ3n) is 3.98. The fourth-order valence-electron chi connectivity index (χ4n) is 2.58. The van der Waals surface area contributed by atoms with Gasteiger partial charge in [0.25, 0.3) is 0 Å². The van der Waals surface area contributed by atoms with Crippen LogP contribution in [-0.2, 0) is 6.54 Å². The van der Waals surface area contributed by atoms with E-state index in [2.05, 4.69) is 23.1 Å². The van der Waals surface area contributed by atoms with Crippen LogP contribution in [0.5, 0.6) is 5.75 Å². The van der Waals surface area contributed by atoms with Crippen molar-refractivity contribution < 1.29 is 4.74 Å². The van der Waals surface area contributed by atoms with Crippen LogP contribution in [0.4, 0.5) is 0 Å². The Morgan fingerprint density at radius 1 is 1.12 bits per heavy atom. The van der Waals surface area contributed by atoms with Crippen molar-refractivity contribution in [3.05, 3.63) is 66.2 Å². The Morgan fingerprint density at radius 2 is 1.92 bits per heavy atom. The fourth-order valence-corrected chi connectivity index (χ4v) is 2.58. The molecule has 0 unspecified atom stereocenters. The quantitative estimate of drug-likeness (QED) is 0.612. The average Bonchev–Trinajstić information content (AvgIpc) is 3.15. The maximum Gasteiger partial charge on any atom is 0.137 e. The van der Waals surface area contributed by atoms with Gasteiger partial charge in [-0.05, 0) is 47.4 Å². The summed E-state index contributed by atoms with van der Waals surface area (Å²) < 4.78 is 7.42. The molecule has 2 aromatic carbocycles. The van der Waals surface area contributed by atoms with E-state index in [1.807, 2.05) is 42.5 Å². The average molecular weight is 332 g/mol. The molecule has 0 N–H and O–H groups in total. The molecule has 0 aliphatic carbocycles. The summed E-state index contributed by atoms with van der Waals surface area (Å²) in [6.45, 7) is 3.41. The Bertz CT molecular complexity index is 848. The molecule has 0 aliphatic heterocycles. The molecule has 0 amide bonds. The number of unbranched alkanes of at least 4 members (excludes halogenated alkanes) is 1. The Hall–Kier alpha value is -3.13. The van der Waals surface area contributed by atoms with E-state index in [9.17, 15) is 5.26 Å². The van der Waals surface area contributed by atoms with Crippen LogP contribution in [0.25, 0.3) is 11.1 Å². The van der Waals surface area contributed by atoms with Gasteiger partial charge in [-0.25, -0.2) is 9.67 Å². The monoisotopic (exact) mass is 332 g/mol. The smallest absolute Gasteiger partial charge is 0.137 e. The van der Waals surface area contributed by atoms with Crippen LogP contribution >= 0.6 is 0 Å². The molecule has 1 heterocycles. The molecule has 5 nitrogen and oxygen atoms in total. The number of ether oxygens (including phenoxy) is 1. The van der Waals surface area contributed by atoms with Crippen molar-refractivity contribution in [2.75, 3.05) is 6.61 Å². The van der Waals surface area contributed by atoms with Gasteiger partial charge in [0.1, 0.15) is 18.4 Å². The molecule has 0 fully saturated rings. The molecule has 5 heteroatoms. The second-order valence-electron chi connectivity index (χ2n) is 5.80. The first-order valence-electron chi connectivity index (χ1n) is 8.39. The zero-order chi connectivity index (χ0) is 17.5. The van der Waals surface area contributed by atoms with Crippen LogP contribution in [0.1, 0.15) is 30.9 Å². The summed E-state index contributed by atoms with van der Waals surface area (Å²) in [6.07, 6.45) is 5.32. The van der Waals surface area contributed by atoms with Gasteiger partial charge in [-0.2, -0.15) is 10.4 Å². The van der Waals surface area contributed by atoms with Gasteiger partial charge in [0, 0.05) is 0 Å². The van der Waals surface area contributed by atoms with Crippen LogP contribution in [-0.4, -0.2) is 21.4 Å². The molecular formula is C20H20N4O. The first-order chi connectivity index (χ1) is 12.3. The van der Waals surface area contributed by atoms with Crippen LogP contribution in [0, 0.1) is 11.3 Å². The molecule has 0 bridgehead atoms. The number of aromatic nitrogens is 3. The molecule has 0 radical (unpaired) electrons. The van der Waals surface area contributed by atoms with E-state index in [1.54, 1.807) is 11.0 Å². The van der Waals surface area contributed by atoms with Crippen molar-refractivity contribution in [2.45, 2.75) is 26.3 Å². The normalized spacial score (nSPS) is 10.4. The van der Waals surface area contributed by atoms with Gasteiger partial charge >= 0.3 is 0 Å². The van der Waals surface area contributed by atoms with Crippen molar-refractivity contribution in [1.29, 1.82) is 5.26 Å². The predicted octanol–water partition coefficient (Wildman–Crippen LogP) is 4.04. The zero-order valence-corrected chi connectivity index (χ0v) is 14.2. The molecule has 1 aromatic heterocycles. The summed E-state index contributed by atoms with van der Waals surface area (Å²) in [5, 5.41) is 13.5. The van der Waals surface area contributed by atoms with Gasteiger partial charge < -0.3 is 4.74 Å². The lowest BCUT2D eigenvalue weighted by Crippen LogP contribution is -2.02. The van der Waals surface area contributed by atoms with E-state index in [4.69, 9.17) is 4.74 Å². The van der Waals surface area contributed by atoms with Crippen LogP contribution in [0.15, 0.2) is 55.1 Å². The lowest BCUT2D eigenvalue weighted by Gasteiger charge is -2.09. The largest absolute Gasteiger partial charge is 0.494 e. The van der Waals surface area contributed by atoms with E-state index in [0.29, 0.717) is 12.1 Å². The summed E-state index contributed by atoms with van der Waals surface area (Å²) in [7, 11) is 0. The van der Waals surface area contributed by atoms with Crippen molar-refractivity contribution in [2.24, 2.45) is 0 Å². The second kappa shape index (κ2) is 8.11. The molecule has 0 atom stereocenters. The van der Waals surface area contributed by atoms with Crippen molar-refractivity contribution in [3.63, 3.8) is 0 Å². The van der Waals surface area contributed by atoms with Gasteiger partial charge in [0.05, 0.1) is 24.8 Å². The lowest BCUT2D eigenvalue weighted by atomic mass is 9.99. The van der Waals surface area contributed by atoms with Crippen LogP contribution < -0.4 is 4.74 Å². The highest BCUT2D eigenvalue weighted by molar-refractivity contribution is 5.66. The highest BCUT2D eigenvalue weighted by atomic mass is 16.5. The summed E-state index contributed by atoms with van der Waals surface area (Å²) in [5.74, 6) is 0.883. The minimum absolute atomic E-state index is 0.523. The number of nitrogens with zero attached hydrogens (tertiary/aromatic N) is 4. The van der Waals surface area contributed by atoms with Gasteiger partial charge in [0.2, 0.25) is 0 Å². The summed E-state index contributed by atoms with van der Waals surface area (Å²) in [5.41, 5.74) is 3.73. The highest BCUT2D eigenvalue weighted by Gasteiger charge is 2.07. The molecule has 3 aromatic rings. The van der Waals surface area contributed by atoms with E-state index >= 15 is 0 Å². The maximum absolute atomic E-state index is 9.34. The number of hydrogen-bond acceptors (Lipinski definition) is 4. The molecule has 0 aliphatic rings. The van der Waals surface area contributed by atoms with Crippen molar-refractivity contribution in [1.82, 2.24) is 14.8 Å². The van der Waals surface area contributed by atoms with Crippen molar-refractivity contribution in [3.8, 4) is 22.9 Å². The molecule has 0 saturated carbocycles. The van der Waals surface area contributed by atoms with E-state index in [-0.39, 0.29) is 0 Å². The Kier molecular flexibility index (Phi) is 5.43. The Morgan fingerprint density at radius 3 is 2.60 bits per heavy atom. The summed E-state index contributed by atoms with van der Waals surface area (Å²) in [6, 6.07) is 16.2. The van der Waals surface area contributed by atoms with Gasteiger partial charge in [-0.1, -0.05) is 31.5 Å². The maximum atomic E-state index is 9.34. The van der Waals surface area contributed by atoms with Crippen LogP contribution in [0.2, 0.25) is 0 Å². The zero-order valence-electron chi connectivity index (χ0n) is 14.2. The first-order valence-corrected chi connectivity index (χ1v) is 8.39. The van der Waals surface area contributed by atoms with Gasteiger partial charge in [0.15, 0.2) is 0 Å². The molecular weight excluding hydrogens is 312 g/mol. The van der Waals surface area contributed by atoms with Crippen molar-refractivity contribution >= 4 is 0 Å². The summed E-state index contributed by atoms with van der Waals surface area (Å²) >= 11 is 0. The minimum Gasteiger partial charge on any atom is -0.494 e. The van der Waals surface area contributed by atoms with Crippen LogP contribution in [0.3, 0.4) is 0 Å². The molecule has 25 heavy (non-hydrogen) atoms. The number of nitriles is 1. The fraction of sp³-hybridized carbons (Fsp3) is 0.250. The minimum atomic E-state index is 0.523. The van der Waals surface area contributed by atoms with E-state index < -0.39 is 0 Å². The number of benzene rings is 2. The molecule has 3 rings (SSSR count).